The standard InChI is InChI=1S/C10H20Cl2NO2P/c1-9(2,3)13(16(11)12)7-8(14)15-10(4,5)6/h7H2,1-6H3. The van der Waals surface area contributed by atoms with E-state index in [2.05, 4.69) is 0 Å². The van der Waals surface area contributed by atoms with Gasteiger partial charge in [0.1, 0.15) is 12.1 Å². The highest BCUT2D eigenvalue weighted by atomic mass is 35.9. The van der Waals surface area contributed by atoms with Crippen LogP contribution in [0.4, 0.5) is 0 Å². The Kier molecular flexibility index (Phi) is 6.02. The number of carbonyl (C=O) groups is 1. The molecule has 3 nitrogen and oxygen atoms in total. The third-order valence-electron chi connectivity index (χ3n) is 1.66. The molecule has 0 rings (SSSR count). The van der Waals surface area contributed by atoms with Gasteiger partial charge in [-0.25, -0.2) is 4.67 Å². The van der Waals surface area contributed by atoms with Gasteiger partial charge >= 0.3 is 5.97 Å². The van der Waals surface area contributed by atoms with Crippen molar-refractivity contribution in [1.29, 1.82) is 0 Å². The first-order valence-corrected chi connectivity index (χ1v) is 8.15. The average molecular weight is 288 g/mol. The summed E-state index contributed by atoms with van der Waals surface area (Å²) in [7, 11) is 0. The molecule has 0 N–H and O–H groups in total. The Morgan fingerprint density at radius 3 is 1.88 bits per heavy atom. The van der Waals surface area contributed by atoms with Crippen molar-refractivity contribution < 1.29 is 9.53 Å². The highest BCUT2D eigenvalue weighted by Crippen LogP contribution is 2.53. The van der Waals surface area contributed by atoms with Crippen LogP contribution in [0.3, 0.4) is 0 Å². The number of esters is 1. The Labute approximate surface area is 109 Å². The van der Waals surface area contributed by atoms with Gasteiger partial charge in [-0.15, -0.1) is 0 Å². The largest absolute Gasteiger partial charge is 0.459 e. The molecule has 0 saturated carbocycles. The van der Waals surface area contributed by atoms with Crippen LogP contribution in [0.1, 0.15) is 41.5 Å². The average Bonchev–Trinajstić information content (AvgIpc) is 1.93. The van der Waals surface area contributed by atoms with E-state index in [-0.39, 0.29) is 18.1 Å². The van der Waals surface area contributed by atoms with Crippen molar-refractivity contribution >= 4 is 35.2 Å². The lowest BCUT2D eigenvalue weighted by molar-refractivity contribution is -0.155. The maximum Gasteiger partial charge on any atom is 0.321 e. The van der Waals surface area contributed by atoms with Gasteiger partial charge in [-0.05, 0) is 41.5 Å². The summed E-state index contributed by atoms with van der Waals surface area (Å²) < 4.78 is 6.96. The minimum Gasteiger partial charge on any atom is -0.459 e. The van der Waals surface area contributed by atoms with Gasteiger partial charge in [0.05, 0.1) is 0 Å². The second-order valence-electron chi connectivity index (χ2n) is 5.53. The van der Waals surface area contributed by atoms with Crippen LogP contribution in [-0.2, 0) is 9.53 Å². The van der Waals surface area contributed by atoms with Crippen molar-refractivity contribution in [2.75, 3.05) is 6.54 Å². The number of carbonyl (C=O) groups excluding carboxylic acids is 1. The van der Waals surface area contributed by atoms with Gasteiger partial charge in [-0.2, -0.15) is 0 Å². The number of nitrogens with zero attached hydrogens (tertiary/aromatic N) is 1. The summed E-state index contributed by atoms with van der Waals surface area (Å²) in [5.41, 5.74) is -0.742. The Bertz CT molecular complexity index is 246. The zero-order valence-corrected chi connectivity index (χ0v) is 13.1. The van der Waals surface area contributed by atoms with E-state index in [1.54, 1.807) is 4.67 Å². The maximum atomic E-state index is 11.6. The van der Waals surface area contributed by atoms with Crippen molar-refractivity contribution in [2.24, 2.45) is 0 Å². The van der Waals surface area contributed by atoms with E-state index in [0.717, 1.165) is 0 Å². The molecule has 0 aliphatic carbocycles. The molecule has 6 heteroatoms. The molecule has 0 aromatic rings. The number of halogens is 2. The molecular weight excluding hydrogens is 268 g/mol. The minimum atomic E-state index is -1.35. The van der Waals surface area contributed by atoms with E-state index in [9.17, 15) is 4.79 Å². The van der Waals surface area contributed by atoms with Gasteiger partial charge in [-0.3, -0.25) is 4.79 Å². The van der Waals surface area contributed by atoms with Gasteiger partial charge in [0, 0.05) is 5.54 Å². The third kappa shape index (κ3) is 6.90. The summed E-state index contributed by atoms with van der Waals surface area (Å²) in [5.74, 6) is -0.309. The first-order valence-electron chi connectivity index (χ1n) is 5.04. The van der Waals surface area contributed by atoms with Crippen LogP contribution < -0.4 is 0 Å². The molecule has 0 amide bonds. The van der Waals surface area contributed by atoms with Crippen LogP contribution in [0.25, 0.3) is 0 Å². The molecule has 0 bridgehead atoms. The van der Waals surface area contributed by atoms with Crippen LogP contribution >= 0.6 is 29.3 Å². The molecule has 0 fully saturated rings. The summed E-state index contributed by atoms with van der Waals surface area (Å²) in [6.45, 7) is 10.1. The highest BCUT2D eigenvalue weighted by Gasteiger charge is 2.30. The molecule has 0 unspecified atom stereocenters. The predicted molar refractivity (Wildman–Crippen MR) is 70.9 cm³/mol. The molecule has 0 aliphatic heterocycles. The molecule has 0 radical (unpaired) electrons. The van der Waals surface area contributed by atoms with Gasteiger partial charge in [-0.1, -0.05) is 22.5 Å². The number of ether oxygens (including phenoxy) is 1. The summed E-state index contributed by atoms with van der Waals surface area (Å²) in [4.78, 5) is 11.6. The molecule has 0 atom stereocenters. The number of hydrogen-bond donors (Lipinski definition) is 0. The summed E-state index contributed by atoms with van der Waals surface area (Å²) in [6.07, 6.45) is 0. The molecule has 0 heterocycles. The van der Waals surface area contributed by atoms with E-state index in [0.29, 0.717) is 0 Å². The maximum absolute atomic E-state index is 11.6. The normalized spacial score (nSPS) is 13.4. The van der Waals surface area contributed by atoms with Gasteiger partial charge in [0.15, 0.2) is 6.78 Å². The molecule has 0 aromatic heterocycles. The molecule has 0 saturated heterocycles. The lowest BCUT2D eigenvalue weighted by Crippen LogP contribution is -2.41. The van der Waals surface area contributed by atoms with Gasteiger partial charge in [0.25, 0.3) is 0 Å². The Hall–Kier alpha value is 0.440. The minimum absolute atomic E-state index is 0.111. The summed E-state index contributed by atoms with van der Waals surface area (Å²) >= 11 is 11.8. The second kappa shape index (κ2) is 5.86. The van der Waals surface area contributed by atoms with E-state index in [1.165, 1.54) is 0 Å². The van der Waals surface area contributed by atoms with Gasteiger partial charge in [0.2, 0.25) is 0 Å². The van der Waals surface area contributed by atoms with Crippen LogP contribution in [0.15, 0.2) is 0 Å². The van der Waals surface area contributed by atoms with Crippen molar-refractivity contribution in [2.45, 2.75) is 52.7 Å². The topological polar surface area (TPSA) is 29.5 Å². The Morgan fingerprint density at radius 1 is 1.19 bits per heavy atom. The van der Waals surface area contributed by atoms with E-state index in [1.807, 2.05) is 41.5 Å². The first-order chi connectivity index (χ1) is 6.93. The lowest BCUT2D eigenvalue weighted by Gasteiger charge is -2.35. The molecule has 0 aliphatic rings. The van der Waals surface area contributed by atoms with Crippen molar-refractivity contribution in [3.05, 3.63) is 0 Å². The highest BCUT2D eigenvalue weighted by molar-refractivity contribution is 8.02. The van der Waals surface area contributed by atoms with Crippen LogP contribution in [-0.4, -0.2) is 28.3 Å². The van der Waals surface area contributed by atoms with E-state index >= 15 is 0 Å². The molecule has 0 aromatic carbocycles. The lowest BCUT2D eigenvalue weighted by atomic mass is 10.1. The molecule has 16 heavy (non-hydrogen) atoms. The van der Waals surface area contributed by atoms with Crippen molar-refractivity contribution in [1.82, 2.24) is 4.67 Å². The quantitative estimate of drug-likeness (QED) is 0.577. The van der Waals surface area contributed by atoms with Crippen molar-refractivity contribution in [3.8, 4) is 0 Å². The first kappa shape index (κ1) is 16.4. The van der Waals surface area contributed by atoms with Gasteiger partial charge < -0.3 is 4.74 Å². The zero-order chi connectivity index (χ0) is 13.1. The van der Waals surface area contributed by atoms with E-state index < -0.39 is 12.4 Å². The SMILES string of the molecule is CC(C)(C)OC(=O)CN(P(Cl)Cl)C(C)(C)C. The monoisotopic (exact) mass is 287 g/mol. The number of hydrogen-bond acceptors (Lipinski definition) is 3. The van der Waals surface area contributed by atoms with E-state index in [4.69, 9.17) is 27.2 Å². The molecule has 0 spiro atoms. The fraction of sp³-hybridized carbons (Fsp3) is 0.900. The number of rotatable bonds is 3. The molecule has 96 valence electrons. The smallest absolute Gasteiger partial charge is 0.321 e. The third-order valence-corrected chi connectivity index (χ3v) is 3.86. The predicted octanol–water partition coefficient (Wildman–Crippen LogP) is 4.13. The fourth-order valence-corrected chi connectivity index (χ4v) is 3.37. The van der Waals surface area contributed by atoms with Crippen LogP contribution in [0.5, 0.6) is 0 Å². The van der Waals surface area contributed by atoms with Crippen molar-refractivity contribution in [3.63, 3.8) is 0 Å². The summed E-state index contributed by atoms with van der Waals surface area (Å²) in [5, 5.41) is 0. The second-order valence-corrected chi connectivity index (χ2v) is 8.88. The summed E-state index contributed by atoms with van der Waals surface area (Å²) in [6, 6.07) is 0. The Morgan fingerprint density at radius 2 is 1.62 bits per heavy atom. The fourth-order valence-electron chi connectivity index (χ4n) is 1.01. The molecular formula is C10H20Cl2NO2P. The van der Waals surface area contributed by atoms with Crippen LogP contribution in [0.2, 0.25) is 0 Å². The Balaban J connectivity index is 4.49. The zero-order valence-electron chi connectivity index (χ0n) is 10.7. The van der Waals surface area contributed by atoms with Crippen LogP contribution in [0, 0.1) is 0 Å².